The Hall–Kier alpha value is -0.940. The Morgan fingerprint density at radius 2 is 1.43 bits per heavy atom. The molecule has 1 fully saturated rings. The summed E-state index contributed by atoms with van der Waals surface area (Å²) in [4.78, 5) is 1.38. The zero-order valence-corrected chi connectivity index (χ0v) is 15.0. The van der Waals surface area contributed by atoms with Crippen LogP contribution < -0.4 is 0 Å². The van der Waals surface area contributed by atoms with Crippen LogP contribution in [0.15, 0.2) is 17.0 Å². The van der Waals surface area contributed by atoms with E-state index in [0.717, 1.165) is 12.8 Å². The fourth-order valence-corrected chi connectivity index (χ4v) is 4.12. The number of benzene rings is 1. The van der Waals surface area contributed by atoms with Crippen LogP contribution in [0.25, 0.3) is 0 Å². The first-order chi connectivity index (χ1) is 9.79. The maximum Gasteiger partial charge on any atom is 0.107 e. The second-order valence-corrected chi connectivity index (χ2v) is 8.59. The van der Waals surface area contributed by atoms with Gasteiger partial charge in [0.05, 0.1) is 6.07 Å². The van der Waals surface area contributed by atoms with Gasteiger partial charge in [-0.15, -0.1) is 11.8 Å². The summed E-state index contributed by atoms with van der Waals surface area (Å²) in [5.74, 6) is 1.54. The van der Waals surface area contributed by atoms with E-state index in [2.05, 4.69) is 59.7 Å². The van der Waals surface area contributed by atoms with Crippen molar-refractivity contribution in [1.29, 1.82) is 5.26 Å². The number of nitriles is 1. The summed E-state index contributed by atoms with van der Waals surface area (Å²) in [6.45, 7) is 13.6. The Morgan fingerprint density at radius 3 is 1.71 bits per heavy atom. The molecule has 1 aromatic rings. The molecule has 0 aromatic heterocycles. The number of rotatable bonds is 5. The highest BCUT2D eigenvalue weighted by Gasteiger charge is 2.45. The van der Waals surface area contributed by atoms with Crippen molar-refractivity contribution in [2.45, 2.75) is 81.8 Å². The minimum atomic E-state index is -0.146. The average Bonchev–Trinajstić information content (AvgIpc) is 3.18. The van der Waals surface area contributed by atoms with E-state index in [9.17, 15) is 5.26 Å². The molecule has 0 atom stereocenters. The first-order valence-corrected chi connectivity index (χ1v) is 8.89. The van der Waals surface area contributed by atoms with E-state index in [1.807, 2.05) is 11.8 Å². The fourth-order valence-electron chi connectivity index (χ4n) is 2.55. The third-order valence-corrected chi connectivity index (χ3v) is 5.85. The van der Waals surface area contributed by atoms with Crippen molar-refractivity contribution in [2.75, 3.05) is 0 Å². The van der Waals surface area contributed by atoms with Crippen molar-refractivity contribution in [2.24, 2.45) is 0 Å². The van der Waals surface area contributed by atoms with E-state index >= 15 is 0 Å². The molecule has 21 heavy (non-hydrogen) atoms. The Balaban J connectivity index is 2.56. The predicted molar refractivity (Wildman–Crippen MR) is 92.1 cm³/mol. The minimum Gasteiger partial charge on any atom is -0.197 e. The first kappa shape index (κ1) is 16.4. The summed E-state index contributed by atoms with van der Waals surface area (Å²) in [5, 5.41) is 9.45. The molecule has 1 aromatic carbocycles. The van der Waals surface area contributed by atoms with Crippen LogP contribution in [0, 0.1) is 11.3 Å². The van der Waals surface area contributed by atoms with Gasteiger partial charge in [-0.05, 0) is 47.3 Å². The molecule has 1 aliphatic carbocycles. The molecule has 0 radical (unpaired) electrons. The molecule has 2 heteroatoms. The van der Waals surface area contributed by atoms with Crippen molar-refractivity contribution in [3.8, 4) is 6.07 Å². The van der Waals surface area contributed by atoms with E-state index in [1.54, 1.807) is 0 Å². The molecule has 1 nitrogen and oxygen atoms in total. The van der Waals surface area contributed by atoms with Crippen molar-refractivity contribution in [3.63, 3.8) is 0 Å². The van der Waals surface area contributed by atoms with Crippen LogP contribution in [0.4, 0.5) is 0 Å². The molecular formula is C19H27NS. The first-order valence-electron chi connectivity index (χ1n) is 8.07. The largest absolute Gasteiger partial charge is 0.197 e. The SMILES string of the molecule is CC(C)c1cc(C(C)C)c(SC2(C#N)CC2)c(C(C)C)c1. The van der Waals surface area contributed by atoms with Gasteiger partial charge in [0.1, 0.15) is 4.75 Å². The van der Waals surface area contributed by atoms with Crippen LogP contribution in [-0.2, 0) is 0 Å². The maximum atomic E-state index is 9.45. The third kappa shape index (κ3) is 3.46. The molecular weight excluding hydrogens is 274 g/mol. The van der Waals surface area contributed by atoms with Gasteiger partial charge in [-0.1, -0.05) is 53.7 Å². The Labute approximate surface area is 134 Å². The number of hydrogen-bond donors (Lipinski definition) is 0. The molecule has 2 rings (SSSR count). The number of thioether (sulfide) groups is 1. The van der Waals surface area contributed by atoms with Gasteiger partial charge in [-0.25, -0.2) is 0 Å². The topological polar surface area (TPSA) is 23.8 Å². The quantitative estimate of drug-likeness (QED) is 0.646. The van der Waals surface area contributed by atoms with Gasteiger partial charge in [-0.3, -0.25) is 0 Å². The monoisotopic (exact) mass is 301 g/mol. The van der Waals surface area contributed by atoms with Gasteiger partial charge in [0, 0.05) is 4.90 Å². The van der Waals surface area contributed by atoms with Gasteiger partial charge in [0.2, 0.25) is 0 Å². The Morgan fingerprint density at radius 1 is 0.952 bits per heavy atom. The summed E-state index contributed by atoms with van der Waals surface area (Å²) in [5.41, 5.74) is 4.28. The molecule has 0 aliphatic heterocycles. The average molecular weight is 301 g/mol. The number of hydrogen-bond acceptors (Lipinski definition) is 2. The van der Waals surface area contributed by atoms with Crippen LogP contribution in [-0.4, -0.2) is 4.75 Å². The van der Waals surface area contributed by atoms with E-state index in [4.69, 9.17) is 0 Å². The van der Waals surface area contributed by atoms with Crippen LogP contribution in [0.1, 0.15) is 88.8 Å². The van der Waals surface area contributed by atoms with Crippen LogP contribution in [0.3, 0.4) is 0 Å². The second kappa shape index (κ2) is 6.05. The molecule has 0 saturated heterocycles. The van der Waals surface area contributed by atoms with E-state index in [0.29, 0.717) is 17.8 Å². The molecule has 1 aliphatic rings. The predicted octanol–water partition coefficient (Wildman–Crippen LogP) is 6.21. The summed E-state index contributed by atoms with van der Waals surface area (Å²) in [6.07, 6.45) is 2.07. The molecule has 0 N–H and O–H groups in total. The number of nitrogens with zero attached hydrogens (tertiary/aromatic N) is 1. The van der Waals surface area contributed by atoms with Crippen molar-refractivity contribution in [1.82, 2.24) is 0 Å². The van der Waals surface area contributed by atoms with Gasteiger partial charge >= 0.3 is 0 Å². The summed E-state index contributed by atoms with van der Waals surface area (Å²) in [6, 6.07) is 7.28. The van der Waals surface area contributed by atoms with Crippen molar-refractivity contribution in [3.05, 3.63) is 28.8 Å². The lowest BCUT2D eigenvalue weighted by molar-refractivity contribution is 0.771. The molecule has 0 heterocycles. The fraction of sp³-hybridized carbons (Fsp3) is 0.632. The third-order valence-electron chi connectivity index (χ3n) is 4.28. The Kier molecular flexibility index (Phi) is 4.73. The zero-order valence-electron chi connectivity index (χ0n) is 14.2. The van der Waals surface area contributed by atoms with Crippen molar-refractivity contribution < 1.29 is 0 Å². The zero-order chi connectivity index (χ0) is 15.8. The van der Waals surface area contributed by atoms with Gasteiger partial charge in [0.25, 0.3) is 0 Å². The van der Waals surface area contributed by atoms with E-state index in [-0.39, 0.29) is 4.75 Å². The molecule has 0 unspecified atom stereocenters. The smallest absolute Gasteiger partial charge is 0.107 e. The molecule has 0 bridgehead atoms. The standard InChI is InChI=1S/C19H27NS/c1-12(2)15-9-16(13(3)4)18(17(10-15)14(5)6)21-19(11-20)7-8-19/h9-10,12-14H,7-8H2,1-6H3. The van der Waals surface area contributed by atoms with Crippen LogP contribution in [0.5, 0.6) is 0 Å². The molecule has 1 saturated carbocycles. The lowest BCUT2D eigenvalue weighted by Gasteiger charge is -2.23. The van der Waals surface area contributed by atoms with Crippen molar-refractivity contribution >= 4 is 11.8 Å². The summed E-state index contributed by atoms with van der Waals surface area (Å²) < 4.78 is -0.146. The highest BCUT2D eigenvalue weighted by molar-refractivity contribution is 8.01. The van der Waals surface area contributed by atoms with Crippen LogP contribution >= 0.6 is 11.8 Å². The lowest BCUT2D eigenvalue weighted by atomic mass is 9.89. The molecule has 114 valence electrons. The van der Waals surface area contributed by atoms with Crippen LogP contribution in [0.2, 0.25) is 0 Å². The molecule has 0 spiro atoms. The van der Waals surface area contributed by atoms with E-state index < -0.39 is 0 Å². The normalized spacial score (nSPS) is 16.6. The summed E-state index contributed by atoms with van der Waals surface area (Å²) >= 11 is 1.83. The summed E-state index contributed by atoms with van der Waals surface area (Å²) in [7, 11) is 0. The van der Waals surface area contributed by atoms with Gasteiger partial charge in [-0.2, -0.15) is 5.26 Å². The highest BCUT2D eigenvalue weighted by atomic mass is 32.2. The Bertz CT molecular complexity index is 530. The van der Waals surface area contributed by atoms with Gasteiger partial charge < -0.3 is 0 Å². The van der Waals surface area contributed by atoms with E-state index in [1.165, 1.54) is 21.6 Å². The van der Waals surface area contributed by atoms with Gasteiger partial charge in [0.15, 0.2) is 0 Å². The molecule has 0 amide bonds. The second-order valence-electron chi connectivity index (χ2n) is 7.20. The minimum absolute atomic E-state index is 0.146. The lowest BCUT2D eigenvalue weighted by Crippen LogP contribution is -2.06. The maximum absolute atomic E-state index is 9.45. The highest BCUT2D eigenvalue weighted by Crippen LogP contribution is 2.54.